The van der Waals surface area contributed by atoms with Crippen molar-refractivity contribution in [1.29, 1.82) is 0 Å². The Kier molecular flexibility index (Phi) is 3.89. The van der Waals surface area contributed by atoms with Crippen molar-refractivity contribution < 1.29 is 0 Å². The van der Waals surface area contributed by atoms with Crippen molar-refractivity contribution in [2.24, 2.45) is 0 Å². The Hall–Kier alpha value is -0.610. The Morgan fingerprint density at radius 3 is 2.64 bits per heavy atom. The van der Waals surface area contributed by atoms with E-state index in [1.165, 1.54) is 0 Å². The minimum Gasteiger partial charge on any atom is -0.364 e. The molecule has 3 nitrogen and oxygen atoms in total. The van der Waals surface area contributed by atoms with Gasteiger partial charge in [0.05, 0.1) is 0 Å². The van der Waals surface area contributed by atoms with Crippen LogP contribution in [0.2, 0.25) is 5.15 Å². The minimum absolute atomic E-state index is 0.450. The zero-order chi connectivity index (χ0) is 10.7. The van der Waals surface area contributed by atoms with Crippen LogP contribution in [-0.4, -0.2) is 16.7 Å². The van der Waals surface area contributed by atoms with Crippen molar-refractivity contribution in [3.8, 4) is 0 Å². The third-order valence-corrected chi connectivity index (χ3v) is 2.55. The normalized spacial score (nSPS) is 10.0. The minimum atomic E-state index is 0.450. The van der Waals surface area contributed by atoms with Gasteiger partial charge in [0.1, 0.15) is 0 Å². The van der Waals surface area contributed by atoms with E-state index in [0.29, 0.717) is 11.7 Å². The maximum Gasteiger partial charge on any atom is 0.155 e. The number of aromatic nitrogens is 2. The first-order valence-corrected chi connectivity index (χ1v) is 5.26. The van der Waals surface area contributed by atoms with E-state index in [-0.39, 0.29) is 0 Å². The topological polar surface area (TPSA) is 37.8 Å². The molecule has 0 atom stereocenters. The fourth-order valence-electron chi connectivity index (χ4n) is 0.924. The smallest absolute Gasteiger partial charge is 0.155 e. The summed E-state index contributed by atoms with van der Waals surface area (Å²) in [6, 6.07) is 0. The summed E-state index contributed by atoms with van der Waals surface area (Å²) in [5.41, 5.74) is 1.96. The Labute approximate surface area is 96.7 Å². The van der Waals surface area contributed by atoms with E-state index in [1.807, 2.05) is 13.8 Å². The first kappa shape index (κ1) is 11.5. The second kappa shape index (κ2) is 4.75. The standard InChI is InChI=1S/C9H11BrClN3/c1-5(10)4-12-9-7(3)6(2)8(11)13-14-9/h1,4H2,2-3H3,(H,12,14). The lowest BCUT2D eigenvalue weighted by atomic mass is 10.2. The molecule has 0 radical (unpaired) electrons. The molecule has 76 valence electrons. The third kappa shape index (κ3) is 2.69. The van der Waals surface area contributed by atoms with Crippen molar-refractivity contribution in [1.82, 2.24) is 10.2 Å². The molecule has 0 spiro atoms. The summed E-state index contributed by atoms with van der Waals surface area (Å²) < 4.78 is 0.867. The zero-order valence-corrected chi connectivity index (χ0v) is 10.4. The molecule has 1 aromatic heterocycles. The van der Waals surface area contributed by atoms with Gasteiger partial charge in [-0.3, -0.25) is 0 Å². The average molecular weight is 277 g/mol. The molecule has 0 aromatic carbocycles. The van der Waals surface area contributed by atoms with E-state index in [0.717, 1.165) is 21.4 Å². The van der Waals surface area contributed by atoms with E-state index >= 15 is 0 Å². The molecule has 14 heavy (non-hydrogen) atoms. The van der Waals surface area contributed by atoms with Crippen LogP contribution in [0.3, 0.4) is 0 Å². The maximum atomic E-state index is 5.82. The molecule has 0 unspecified atom stereocenters. The highest BCUT2D eigenvalue weighted by atomic mass is 79.9. The third-order valence-electron chi connectivity index (χ3n) is 1.91. The van der Waals surface area contributed by atoms with Crippen molar-refractivity contribution in [2.45, 2.75) is 13.8 Å². The maximum absolute atomic E-state index is 5.82. The van der Waals surface area contributed by atoms with Gasteiger partial charge in [0.15, 0.2) is 11.0 Å². The molecule has 0 aliphatic carbocycles. The SMILES string of the molecule is C=C(Br)CNc1nnc(Cl)c(C)c1C. The van der Waals surface area contributed by atoms with Gasteiger partial charge in [-0.2, -0.15) is 0 Å². The summed E-state index contributed by atoms with van der Waals surface area (Å²) in [5.74, 6) is 0.743. The van der Waals surface area contributed by atoms with Crippen LogP contribution in [0.5, 0.6) is 0 Å². The first-order valence-electron chi connectivity index (χ1n) is 4.09. The van der Waals surface area contributed by atoms with Gasteiger partial charge in [0.2, 0.25) is 0 Å². The van der Waals surface area contributed by atoms with Gasteiger partial charge in [-0.25, -0.2) is 0 Å². The molecule has 0 fully saturated rings. The van der Waals surface area contributed by atoms with Crippen LogP contribution in [0.25, 0.3) is 0 Å². The monoisotopic (exact) mass is 275 g/mol. The van der Waals surface area contributed by atoms with Crippen molar-refractivity contribution in [3.63, 3.8) is 0 Å². The molecule has 0 saturated heterocycles. The van der Waals surface area contributed by atoms with Crippen LogP contribution < -0.4 is 5.32 Å². The second-order valence-corrected chi connectivity index (χ2v) is 4.44. The van der Waals surface area contributed by atoms with Crippen molar-refractivity contribution in [3.05, 3.63) is 27.3 Å². The van der Waals surface area contributed by atoms with Gasteiger partial charge >= 0.3 is 0 Å². The number of nitrogens with zero attached hydrogens (tertiary/aromatic N) is 2. The lowest BCUT2D eigenvalue weighted by Crippen LogP contribution is -2.07. The van der Waals surface area contributed by atoms with Crippen LogP contribution in [0.1, 0.15) is 11.1 Å². The molecule has 5 heteroatoms. The molecule has 1 rings (SSSR count). The molecule has 0 amide bonds. The molecule has 0 aliphatic rings. The van der Waals surface area contributed by atoms with Crippen LogP contribution in [0.15, 0.2) is 11.1 Å². The Bertz CT molecular complexity index is 365. The quantitative estimate of drug-likeness (QED) is 0.922. The van der Waals surface area contributed by atoms with Crippen LogP contribution in [0, 0.1) is 13.8 Å². The average Bonchev–Trinajstić information content (AvgIpc) is 2.13. The zero-order valence-electron chi connectivity index (χ0n) is 8.06. The van der Waals surface area contributed by atoms with E-state index in [2.05, 4.69) is 38.0 Å². The molecular formula is C9H11BrClN3. The largest absolute Gasteiger partial charge is 0.364 e. The summed E-state index contributed by atoms with van der Waals surface area (Å²) in [6.45, 7) is 8.21. The number of nitrogens with one attached hydrogen (secondary N) is 1. The summed E-state index contributed by atoms with van der Waals surface area (Å²) >= 11 is 9.08. The fraction of sp³-hybridized carbons (Fsp3) is 0.333. The van der Waals surface area contributed by atoms with Gasteiger partial charge < -0.3 is 5.32 Å². The van der Waals surface area contributed by atoms with Crippen LogP contribution in [0.4, 0.5) is 5.82 Å². The highest BCUT2D eigenvalue weighted by Crippen LogP contribution is 2.20. The molecule has 0 saturated carbocycles. The second-order valence-electron chi connectivity index (χ2n) is 2.96. The van der Waals surface area contributed by atoms with E-state index in [4.69, 9.17) is 11.6 Å². The van der Waals surface area contributed by atoms with Crippen LogP contribution >= 0.6 is 27.5 Å². The molecule has 1 N–H and O–H groups in total. The van der Waals surface area contributed by atoms with Crippen molar-refractivity contribution in [2.75, 3.05) is 11.9 Å². The summed E-state index contributed by atoms with van der Waals surface area (Å²) in [6.07, 6.45) is 0. The Balaban J connectivity index is 2.88. The van der Waals surface area contributed by atoms with Crippen molar-refractivity contribution >= 4 is 33.3 Å². The Morgan fingerprint density at radius 1 is 1.43 bits per heavy atom. The van der Waals surface area contributed by atoms with Gasteiger partial charge in [0.25, 0.3) is 0 Å². The number of hydrogen-bond acceptors (Lipinski definition) is 3. The number of hydrogen-bond donors (Lipinski definition) is 1. The molecule has 0 aliphatic heterocycles. The molecular weight excluding hydrogens is 265 g/mol. The molecule has 1 heterocycles. The summed E-state index contributed by atoms with van der Waals surface area (Å²) in [5, 5.41) is 11.3. The van der Waals surface area contributed by atoms with Crippen LogP contribution in [-0.2, 0) is 0 Å². The number of anilines is 1. The predicted molar refractivity (Wildman–Crippen MR) is 63.1 cm³/mol. The van der Waals surface area contributed by atoms with Gasteiger partial charge in [0, 0.05) is 11.0 Å². The van der Waals surface area contributed by atoms with Gasteiger partial charge in [-0.1, -0.05) is 34.1 Å². The lowest BCUT2D eigenvalue weighted by molar-refractivity contribution is 0.988. The summed E-state index contributed by atoms with van der Waals surface area (Å²) in [4.78, 5) is 0. The molecule has 1 aromatic rings. The molecule has 0 bridgehead atoms. The first-order chi connectivity index (χ1) is 6.52. The van der Waals surface area contributed by atoms with E-state index < -0.39 is 0 Å². The highest BCUT2D eigenvalue weighted by Gasteiger charge is 2.07. The fourth-order valence-corrected chi connectivity index (χ4v) is 1.24. The number of rotatable bonds is 3. The highest BCUT2D eigenvalue weighted by molar-refractivity contribution is 9.11. The van der Waals surface area contributed by atoms with Gasteiger partial charge in [-0.05, 0) is 25.0 Å². The van der Waals surface area contributed by atoms with Gasteiger partial charge in [-0.15, -0.1) is 10.2 Å². The summed E-state index contributed by atoms with van der Waals surface area (Å²) in [7, 11) is 0. The predicted octanol–water partition coefficient (Wildman–Crippen LogP) is 3.07. The lowest BCUT2D eigenvalue weighted by Gasteiger charge is -2.09. The van der Waals surface area contributed by atoms with E-state index in [9.17, 15) is 0 Å². The Morgan fingerprint density at radius 2 is 2.07 bits per heavy atom. The van der Waals surface area contributed by atoms with E-state index in [1.54, 1.807) is 0 Å². The number of halogens is 2.